The fraction of sp³-hybridized carbons (Fsp3) is 0.542. The number of ether oxygens (including phenoxy) is 1. The molecule has 0 spiro atoms. The fourth-order valence-electron chi connectivity index (χ4n) is 3.80. The van der Waals surface area contributed by atoms with Crippen molar-refractivity contribution in [2.45, 2.75) is 45.3 Å². The predicted molar refractivity (Wildman–Crippen MR) is 125 cm³/mol. The van der Waals surface area contributed by atoms with Gasteiger partial charge in [0, 0.05) is 45.0 Å². The monoisotopic (exact) mass is 479 g/mol. The van der Waals surface area contributed by atoms with Crippen molar-refractivity contribution in [1.82, 2.24) is 15.3 Å². The van der Waals surface area contributed by atoms with Crippen LogP contribution < -0.4 is 15.5 Å². The average Bonchev–Trinajstić information content (AvgIpc) is 2.82. The number of rotatable bonds is 9. The first-order chi connectivity index (χ1) is 16.2. The summed E-state index contributed by atoms with van der Waals surface area (Å²) in [4.78, 5) is 22.9. The summed E-state index contributed by atoms with van der Waals surface area (Å²) in [6.45, 7) is 6.46. The van der Waals surface area contributed by atoms with Crippen LogP contribution in [0.3, 0.4) is 0 Å². The van der Waals surface area contributed by atoms with E-state index in [1.165, 1.54) is 6.07 Å². The molecule has 1 saturated heterocycles. The maximum Gasteiger partial charge on any atom is 0.433 e. The van der Waals surface area contributed by atoms with E-state index in [9.17, 15) is 18.0 Å². The molecule has 186 valence electrons. The molecule has 2 N–H and O–H groups in total. The standard InChI is InChI=1S/C24H32F3N5O2/c1-16-8-11-32(12-9-16)22-19(4-6-20(31-22)24(25,26)27)15-30-23(33)17(2)18-5-7-21(29-14-18)28-10-13-34-3/h4-7,14,16-17H,8-13,15H2,1-3H3,(H,28,29)(H,30,33). The zero-order chi connectivity index (χ0) is 24.7. The van der Waals surface area contributed by atoms with Crippen molar-refractivity contribution >= 4 is 17.5 Å². The van der Waals surface area contributed by atoms with Gasteiger partial charge in [-0.3, -0.25) is 4.79 Å². The number of carbonyl (C=O) groups excluding carboxylic acids is 1. The van der Waals surface area contributed by atoms with E-state index in [0.717, 1.165) is 24.5 Å². The lowest BCUT2D eigenvalue weighted by molar-refractivity contribution is -0.141. The van der Waals surface area contributed by atoms with Crippen LogP contribution in [0.1, 0.15) is 49.4 Å². The largest absolute Gasteiger partial charge is 0.433 e. The molecular weight excluding hydrogens is 447 g/mol. The van der Waals surface area contributed by atoms with Gasteiger partial charge in [-0.1, -0.05) is 19.1 Å². The molecule has 2 aromatic heterocycles. The molecule has 0 radical (unpaired) electrons. The Morgan fingerprint density at radius 3 is 2.59 bits per heavy atom. The number of anilines is 2. The van der Waals surface area contributed by atoms with Gasteiger partial charge in [0.2, 0.25) is 5.91 Å². The zero-order valence-corrected chi connectivity index (χ0v) is 19.8. The average molecular weight is 480 g/mol. The van der Waals surface area contributed by atoms with E-state index >= 15 is 0 Å². The SMILES string of the molecule is COCCNc1ccc(C(C)C(=O)NCc2ccc(C(F)(F)F)nc2N2CCC(C)CC2)cn1. The number of hydrogen-bond acceptors (Lipinski definition) is 6. The Morgan fingerprint density at radius 1 is 1.24 bits per heavy atom. The predicted octanol–water partition coefficient (Wildman–Crippen LogP) is 4.21. The van der Waals surface area contributed by atoms with E-state index in [1.54, 1.807) is 26.3 Å². The molecule has 10 heteroatoms. The van der Waals surface area contributed by atoms with Crippen LogP contribution in [0, 0.1) is 5.92 Å². The van der Waals surface area contributed by atoms with Gasteiger partial charge in [0.05, 0.1) is 12.5 Å². The van der Waals surface area contributed by atoms with E-state index in [0.29, 0.717) is 49.4 Å². The smallest absolute Gasteiger partial charge is 0.383 e. The van der Waals surface area contributed by atoms with Gasteiger partial charge in [0.25, 0.3) is 0 Å². The summed E-state index contributed by atoms with van der Waals surface area (Å²) in [5, 5.41) is 5.97. The first-order valence-electron chi connectivity index (χ1n) is 11.5. The molecule has 1 fully saturated rings. The number of alkyl halides is 3. The number of aromatic nitrogens is 2. The third-order valence-corrected chi connectivity index (χ3v) is 6.07. The lowest BCUT2D eigenvalue weighted by Crippen LogP contribution is -2.35. The number of nitrogens with zero attached hydrogens (tertiary/aromatic N) is 3. The molecule has 0 aromatic carbocycles. The van der Waals surface area contributed by atoms with Gasteiger partial charge < -0.3 is 20.3 Å². The van der Waals surface area contributed by atoms with E-state index in [1.807, 2.05) is 11.0 Å². The Hall–Kier alpha value is -2.88. The van der Waals surface area contributed by atoms with Crippen LogP contribution in [-0.4, -0.2) is 49.2 Å². The van der Waals surface area contributed by atoms with Gasteiger partial charge in [-0.25, -0.2) is 9.97 Å². The summed E-state index contributed by atoms with van der Waals surface area (Å²) in [6, 6.07) is 6.01. The summed E-state index contributed by atoms with van der Waals surface area (Å²) in [5.74, 6) is 0.802. The molecule has 1 atom stereocenters. The van der Waals surface area contributed by atoms with Crippen LogP contribution in [0.15, 0.2) is 30.5 Å². The van der Waals surface area contributed by atoms with Crippen molar-refractivity contribution in [3.8, 4) is 0 Å². The van der Waals surface area contributed by atoms with Gasteiger partial charge in [-0.05, 0) is 43.4 Å². The van der Waals surface area contributed by atoms with Crippen molar-refractivity contribution in [3.63, 3.8) is 0 Å². The Balaban J connectivity index is 1.68. The van der Waals surface area contributed by atoms with Crippen LogP contribution in [0.5, 0.6) is 0 Å². The lowest BCUT2D eigenvalue weighted by Gasteiger charge is -2.33. The van der Waals surface area contributed by atoms with Crippen LogP contribution in [0.4, 0.5) is 24.8 Å². The first-order valence-corrected chi connectivity index (χ1v) is 11.5. The number of nitrogens with one attached hydrogen (secondary N) is 2. The Bertz CT molecular complexity index is 945. The number of piperidine rings is 1. The molecule has 1 aliphatic rings. The van der Waals surface area contributed by atoms with Crippen molar-refractivity contribution < 1.29 is 22.7 Å². The molecule has 7 nitrogen and oxygen atoms in total. The minimum Gasteiger partial charge on any atom is -0.383 e. The van der Waals surface area contributed by atoms with Crippen LogP contribution in [-0.2, 0) is 22.3 Å². The molecule has 1 amide bonds. The third-order valence-electron chi connectivity index (χ3n) is 6.07. The third kappa shape index (κ3) is 6.82. The minimum atomic E-state index is -4.52. The summed E-state index contributed by atoms with van der Waals surface area (Å²) >= 11 is 0. The van der Waals surface area contributed by atoms with Gasteiger partial charge in [-0.15, -0.1) is 0 Å². The summed E-state index contributed by atoms with van der Waals surface area (Å²) in [5.41, 5.74) is 0.388. The normalized spacial score (nSPS) is 15.8. The fourth-order valence-corrected chi connectivity index (χ4v) is 3.80. The Labute approximate surface area is 198 Å². The molecule has 3 heterocycles. The molecule has 1 unspecified atom stereocenters. The summed E-state index contributed by atoms with van der Waals surface area (Å²) in [6.07, 6.45) is -1.10. The van der Waals surface area contributed by atoms with Crippen LogP contribution in [0.2, 0.25) is 0 Å². The lowest BCUT2D eigenvalue weighted by atomic mass is 9.99. The van der Waals surface area contributed by atoms with Gasteiger partial charge in [0.1, 0.15) is 17.3 Å². The molecule has 0 bridgehead atoms. The van der Waals surface area contributed by atoms with Crippen molar-refractivity contribution in [3.05, 3.63) is 47.3 Å². The summed E-state index contributed by atoms with van der Waals surface area (Å²) in [7, 11) is 1.62. The van der Waals surface area contributed by atoms with Gasteiger partial charge in [0.15, 0.2) is 0 Å². The highest BCUT2D eigenvalue weighted by Crippen LogP contribution is 2.32. The van der Waals surface area contributed by atoms with Crippen molar-refractivity contribution in [1.29, 1.82) is 0 Å². The Kier molecular flexibility index (Phi) is 8.71. The van der Waals surface area contributed by atoms with Gasteiger partial charge in [-0.2, -0.15) is 13.2 Å². The highest BCUT2D eigenvalue weighted by atomic mass is 19.4. The van der Waals surface area contributed by atoms with E-state index < -0.39 is 17.8 Å². The second kappa shape index (κ2) is 11.5. The quantitative estimate of drug-likeness (QED) is 0.525. The van der Waals surface area contributed by atoms with E-state index in [2.05, 4.69) is 27.5 Å². The van der Waals surface area contributed by atoms with E-state index in [4.69, 9.17) is 4.74 Å². The number of pyridine rings is 2. The number of methoxy groups -OCH3 is 1. The number of halogens is 3. The highest BCUT2D eigenvalue weighted by molar-refractivity contribution is 5.83. The second-order valence-corrected chi connectivity index (χ2v) is 8.68. The second-order valence-electron chi connectivity index (χ2n) is 8.68. The molecule has 2 aromatic rings. The minimum absolute atomic E-state index is 0.0970. The number of amides is 1. The highest BCUT2D eigenvalue weighted by Gasteiger charge is 2.34. The molecule has 0 saturated carbocycles. The number of carbonyl (C=O) groups is 1. The zero-order valence-electron chi connectivity index (χ0n) is 19.8. The van der Waals surface area contributed by atoms with Crippen LogP contribution in [0.25, 0.3) is 0 Å². The maximum atomic E-state index is 13.3. The molecule has 0 aliphatic carbocycles. The van der Waals surface area contributed by atoms with Gasteiger partial charge >= 0.3 is 6.18 Å². The topological polar surface area (TPSA) is 79.4 Å². The van der Waals surface area contributed by atoms with Crippen molar-refractivity contribution in [2.24, 2.45) is 5.92 Å². The molecule has 34 heavy (non-hydrogen) atoms. The molecule has 1 aliphatic heterocycles. The maximum absolute atomic E-state index is 13.3. The molecular formula is C24H32F3N5O2. The molecule has 3 rings (SSSR count). The Morgan fingerprint density at radius 2 is 1.97 bits per heavy atom. The van der Waals surface area contributed by atoms with Crippen LogP contribution >= 0.6 is 0 Å². The summed E-state index contributed by atoms with van der Waals surface area (Å²) < 4.78 is 44.8. The van der Waals surface area contributed by atoms with Crippen molar-refractivity contribution in [2.75, 3.05) is 43.6 Å². The van der Waals surface area contributed by atoms with E-state index in [-0.39, 0.29) is 12.5 Å². The number of hydrogen-bond donors (Lipinski definition) is 2. The first kappa shape index (κ1) is 25.7.